The van der Waals surface area contributed by atoms with E-state index in [9.17, 15) is 0 Å². The summed E-state index contributed by atoms with van der Waals surface area (Å²) >= 11 is 1.73. The lowest BCUT2D eigenvalue weighted by molar-refractivity contribution is 0.0254. The molecule has 0 amide bonds. The Morgan fingerprint density at radius 1 is 1.62 bits per heavy atom. The lowest BCUT2D eigenvalue weighted by atomic mass is 10.1. The summed E-state index contributed by atoms with van der Waals surface area (Å²) in [5.74, 6) is 0. The Hall–Kier alpha value is -0.380. The van der Waals surface area contributed by atoms with Crippen LogP contribution in [0.25, 0.3) is 0 Å². The van der Waals surface area contributed by atoms with Gasteiger partial charge in [0.1, 0.15) is 0 Å². The highest BCUT2D eigenvalue weighted by Crippen LogP contribution is 2.11. The van der Waals surface area contributed by atoms with Gasteiger partial charge in [-0.2, -0.15) is 11.3 Å². The first-order valence-corrected chi connectivity index (χ1v) is 5.73. The summed E-state index contributed by atoms with van der Waals surface area (Å²) in [6, 6.07) is 2.13. The molecule has 1 fully saturated rings. The van der Waals surface area contributed by atoms with Crippen LogP contribution >= 0.6 is 11.3 Å². The Bertz CT molecular complexity index is 229. The third kappa shape index (κ3) is 2.79. The maximum absolute atomic E-state index is 5.77. The zero-order valence-electron chi connectivity index (χ0n) is 7.66. The van der Waals surface area contributed by atoms with Crippen LogP contribution < -0.4 is 5.32 Å². The normalized spacial score (nSPS) is 23.2. The van der Waals surface area contributed by atoms with E-state index in [4.69, 9.17) is 4.74 Å². The highest BCUT2D eigenvalue weighted by molar-refractivity contribution is 7.07. The molecule has 2 rings (SSSR count). The molecule has 0 radical (unpaired) electrons. The molecule has 1 aliphatic rings. The number of rotatable bonds is 3. The van der Waals surface area contributed by atoms with Crippen molar-refractivity contribution < 1.29 is 4.74 Å². The number of ether oxygens (including phenoxy) is 1. The number of hydrogen-bond donors (Lipinski definition) is 1. The average molecular weight is 197 g/mol. The van der Waals surface area contributed by atoms with Gasteiger partial charge in [0.15, 0.2) is 0 Å². The molecule has 13 heavy (non-hydrogen) atoms. The molecule has 1 aromatic heterocycles. The molecule has 0 aliphatic carbocycles. The van der Waals surface area contributed by atoms with Gasteiger partial charge in [-0.1, -0.05) is 0 Å². The molecule has 1 aromatic rings. The molecule has 1 N–H and O–H groups in total. The van der Waals surface area contributed by atoms with Gasteiger partial charge in [0.25, 0.3) is 0 Å². The van der Waals surface area contributed by atoms with Crippen LogP contribution in [0.1, 0.15) is 18.4 Å². The second-order valence-corrected chi connectivity index (χ2v) is 4.19. The van der Waals surface area contributed by atoms with Crippen molar-refractivity contribution in [3.8, 4) is 0 Å². The van der Waals surface area contributed by atoms with Gasteiger partial charge in [0, 0.05) is 6.54 Å². The van der Waals surface area contributed by atoms with Crippen molar-refractivity contribution in [1.82, 2.24) is 5.32 Å². The van der Waals surface area contributed by atoms with E-state index in [-0.39, 0.29) is 0 Å². The monoisotopic (exact) mass is 197 g/mol. The predicted molar refractivity (Wildman–Crippen MR) is 55.0 cm³/mol. The molecule has 1 aliphatic heterocycles. The van der Waals surface area contributed by atoms with Crippen molar-refractivity contribution in [1.29, 1.82) is 0 Å². The van der Waals surface area contributed by atoms with Gasteiger partial charge >= 0.3 is 0 Å². The van der Waals surface area contributed by atoms with Crippen LogP contribution in [0.3, 0.4) is 0 Å². The van der Waals surface area contributed by atoms with E-state index in [0.29, 0.717) is 6.10 Å². The van der Waals surface area contributed by atoms with E-state index in [1.165, 1.54) is 18.4 Å². The van der Waals surface area contributed by atoms with Gasteiger partial charge < -0.3 is 10.1 Å². The van der Waals surface area contributed by atoms with Crippen molar-refractivity contribution in [3.63, 3.8) is 0 Å². The first-order chi connectivity index (χ1) is 6.45. The molecule has 1 atom stereocenters. The van der Waals surface area contributed by atoms with Crippen molar-refractivity contribution in [3.05, 3.63) is 22.4 Å². The van der Waals surface area contributed by atoms with Crippen LogP contribution in [0.4, 0.5) is 0 Å². The average Bonchev–Trinajstić information content (AvgIpc) is 2.69. The molecule has 0 spiro atoms. The second kappa shape index (κ2) is 4.74. The third-order valence-electron chi connectivity index (χ3n) is 2.32. The Morgan fingerprint density at radius 2 is 2.62 bits per heavy atom. The van der Waals surface area contributed by atoms with Gasteiger partial charge in [-0.3, -0.25) is 0 Å². The SMILES string of the molecule is c1cc(COC2CCCNC2)cs1. The summed E-state index contributed by atoms with van der Waals surface area (Å²) in [5.41, 5.74) is 1.30. The zero-order valence-corrected chi connectivity index (χ0v) is 8.48. The lowest BCUT2D eigenvalue weighted by Gasteiger charge is -2.22. The Labute approximate surface area is 82.9 Å². The minimum atomic E-state index is 0.425. The van der Waals surface area contributed by atoms with Gasteiger partial charge in [-0.05, 0) is 41.8 Å². The van der Waals surface area contributed by atoms with E-state index >= 15 is 0 Å². The van der Waals surface area contributed by atoms with Crippen LogP contribution in [0.5, 0.6) is 0 Å². The van der Waals surface area contributed by atoms with Gasteiger partial charge in [0.2, 0.25) is 0 Å². The minimum Gasteiger partial charge on any atom is -0.372 e. The molecule has 3 heteroatoms. The maximum atomic E-state index is 5.77. The fourth-order valence-corrected chi connectivity index (χ4v) is 2.20. The summed E-state index contributed by atoms with van der Waals surface area (Å²) in [6.45, 7) is 2.94. The molecule has 0 saturated carbocycles. The molecule has 1 saturated heterocycles. The lowest BCUT2D eigenvalue weighted by Crippen LogP contribution is -2.35. The van der Waals surface area contributed by atoms with E-state index in [1.54, 1.807) is 11.3 Å². The number of hydrogen-bond acceptors (Lipinski definition) is 3. The molecular formula is C10H15NOS. The van der Waals surface area contributed by atoms with Gasteiger partial charge in [0.05, 0.1) is 12.7 Å². The van der Waals surface area contributed by atoms with Crippen molar-refractivity contribution in [2.24, 2.45) is 0 Å². The Kier molecular flexibility index (Phi) is 3.35. The number of piperidine rings is 1. The number of nitrogens with one attached hydrogen (secondary N) is 1. The molecule has 72 valence electrons. The Balaban J connectivity index is 1.72. The summed E-state index contributed by atoms with van der Waals surface area (Å²) in [6.07, 6.45) is 2.87. The van der Waals surface area contributed by atoms with E-state index < -0.39 is 0 Å². The third-order valence-corrected chi connectivity index (χ3v) is 3.05. The van der Waals surface area contributed by atoms with Crippen LogP contribution in [-0.2, 0) is 11.3 Å². The molecule has 2 nitrogen and oxygen atoms in total. The minimum absolute atomic E-state index is 0.425. The van der Waals surface area contributed by atoms with Crippen LogP contribution in [-0.4, -0.2) is 19.2 Å². The highest BCUT2D eigenvalue weighted by atomic mass is 32.1. The van der Waals surface area contributed by atoms with Gasteiger partial charge in [-0.25, -0.2) is 0 Å². The van der Waals surface area contributed by atoms with E-state index in [2.05, 4.69) is 22.1 Å². The van der Waals surface area contributed by atoms with Crippen LogP contribution in [0, 0.1) is 0 Å². The summed E-state index contributed by atoms with van der Waals surface area (Å²) in [5, 5.41) is 7.59. The van der Waals surface area contributed by atoms with Crippen molar-refractivity contribution in [2.75, 3.05) is 13.1 Å². The van der Waals surface area contributed by atoms with Crippen LogP contribution in [0.2, 0.25) is 0 Å². The highest BCUT2D eigenvalue weighted by Gasteiger charge is 2.12. The van der Waals surface area contributed by atoms with Crippen molar-refractivity contribution >= 4 is 11.3 Å². The molecular weight excluding hydrogens is 182 g/mol. The second-order valence-electron chi connectivity index (χ2n) is 3.41. The maximum Gasteiger partial charge on any atom is 0.0729 e. The molecule has 2 heterocycles. The van der Waals surface area contributed by atoms with E-state index in [0.717, 1.165) is 19.7 Å². The fraction of sp³-hybridized carbons (Fsp3) is 0.600. The fourth-order valence-electron chi connectivity index (χ4n) is 1.55. The quantitative estimate of drug-likeness (QED) is 0.800. The molecule has 1 unspecified atom stereocenters. The predicted octanol–water partition coefficient (Wildman–Crippen LogP) is 2.02. The van der Waals surface area contributed by atoms with Crippen LogP contribution in [0.15, 0.2) is 16.8 Å². The zero-order chi connectivity index (χ0) is 8.93. The Morgan fingerprint density at radius 3 is 3.31 bits per heavy atom. The summed E-state index contributed by atoms with van der Waals surface area (Å²) < 4.78 is 5.77. The summed E-state index contributed by atoms with van der Waals surface area (Å²) in [4.78, 5) is 0. The summed E-state index contributed by atoms with van der Waals surface area (Å²) in [7, 11) is 0. The molecule has 0 bridgehead atoms. The largest absolute Gasteiger partial charge is 0.372 e. The standard InChI is InChI=1S/C10H15NOS/c1-2-10(6-11-4-1)12-7-9-3-5-13-8-9/h3,5,8,10-11H,1-2,4,6-7H2. The first-order valence-electron chi connectivity index (χ1n) is 4.78. The van der Waals surface area contributed by atoms with Gasteiger partial charge in [-0.15, -0.1) is 0 Å². The number of thiophene rings is 1. The first kappa shape index (κ1) is 9.19. The smallest absolute Gasteiger partial charge is 0.0729 e. The van der Waals surface area contributed by atoms with Crippen molar-refractivity contribution in [2.45, 2.75) is 25.6 Å². The van der Waals surface area contributed by atoms with E-state index in [1.807, 2.05) is 0 Å². The topological polar surface area (TPSA) is 21.3 Å². The molecule has 0 aromatic carbocycles.